The number of aromatic nitrogens is 4. The molecule has 2 fully saturated rings. The van der Waals surface area contributed by atoms with Crippen molar-refractivity contribution in [1.29, 1.82) is 0 Å². The number of imide groups is 1. The van der Waals surface area contributed by atoms with Crippen molar-refractivity contribution in [1.82, 2.24) is 25.1 Å². The van der Waals surface area contributed by atoms with Crippen molar-refractivity contribution in [2.45, 2.75) is 43.6 Å². The van der Waals surface area contributed by atoms with Gasteiger partial charge in [0.25, 0.3) is 5.92 Å². The van der Waals surface area contributed by atoms with Crippen molar-refractivity contribution in [2.75, 3.05) is 40.6 Å². The molecule has 2 aromatic carbocycles. The molecule has 2 unspecified atom stereocenters. The maximum Gasteiger partial charge on any atom is 0.284 e. The third-order valence-corrected chi connectivity index (χ3v) is 9.10. The van der Waals surface area contributed by atoms with Gasteiger partial charge in [-0.25, -0.2) is 13.8 Å². The summed E-state index contributed by atoms with van der Waals surface area (Å²) in [6.07, 6.45) is 2.38. The van der Waals surface area contributed by atoms with Gasteiger partial charge in [0.15, 0.2) is 5.82 Å². The first-order valence-electron chi connectivity index (χ1n) is 14.9. The molecular weight excluding hydrogens is 620 g/mol. The maximum absolute atomic E-state index is 15.6. The van der Waals surface area contributed by atoms with Gasteiger partial charge in [0.2, 0.25) is 23.7 Å². The Hall–Kier alpha value is -4.85. The van der Waals surface area contributed by atoms with E-state index in [1.165, 1.54) is 11.1 Å². The Balaban J connectivity index is 1.05. The SMILES string of the molecule is CN1C(=O)Cc2cc(Nc3nc(N4CCC(Nc5ccc6c(C7CCC(=O)NC7=O)nn(C)c6c5)C(F)(F)C4)ncc3Cl)ccc21. The quantitative estimate of drug-likeness (QED) is 0.263. The number of fused-ring (bicyclic) bond motifs is 2. The molecule has 12 nitrogen and oxygen atoms in total. The zero-order valence-corrected chi connectivity index (χ0v) is 25.7. The van der Waals surface area contributed by atoms with Gasteiger partial charge in [-0.05, 0) is 54.8 Å². The van der Waals surface area contributed by atoms with E-state index < -0.39 is 24.4 Å². The van der Waals surface area contributed by atoms with Crippen LogP contribution < -0.4 is 25.8 Å². The number of rotatable bonds is 6. The Morgan fingerprint density at radius 1 is 1.07 bits per heavy atom. The lowest BCUT2D eigenvalue weighted by Gasteiger charge is -2.39. The predicted molar refractivity (Wildman–Crippen MR) is 169 cm³/mol. The molecule has 15 heteroatoms. The first-order valence-corrected chi connectivity index (χ1v) is 15.2. The van der Waals surface area contributed by atoms with Crippen molar-refractivity contribution >= 4 is 69.1 Å². The Kier molecular flexibility index (Phi) is 7.26. The first-order chi connectivity index (χ1) is 22.0. The van der Waals surface area contributed by atoms with Gasteiger partial charge in [0.1, 0.15) is 5.02 Å². The number of amides is 3. The predicted octanol–water partition coefficient (Wildman–Crippen LogP) is 4.13. The normalized spacial score (nSPS) is 21.0. The average Bonchev–Trinajstić information content (AvgIpc) is 3.49. The summed E-state index contributed by atoms with van der Waals surface area (Å²) >= 11 is 6.36. The number of aryl methyl sites for hydroxylation is 1. The van der Waals surface area contributed by atoms with E-state index in [0.717, 1.165) is 16.6 Å². The van der Waals surface area contributed by atoms with Crippen molar-refractivity contribution < 1.29 is 23.2 Å². The minimum Gasteiger partial charge on any atom is -0.376 e. The number of likely N-dealkylation sites (N-methyl/N-ethyl adjacent to an activating group) is 1. The molecule has 3 aliphatic rings. The summed E-state index contributed by atoms with van der Waals surface area (Å²) in [4.78, 5) is 47.8. The topological polar surface area (TPSA) is 137 Å². The maximum atomic E-state index is 15.6. The highest BCUT2D eigenvalue weighted by molar-refractivity contribution is 6.33. The second-order valence-corrected chi connectivity index (χ2v) is 12.3. The molecule has 0 radical (unpaired) electrons. The van der Waals surface area contributed by atoms with E-state index in [2.05, 4.69) is 31.0 Å². The number of alkyl halides is 2. The Morgan fingerprint density at radius 2 is 1.87 bits per heavy atom. The van der Waals surface area contributed by atoms with Crippen LogP contribution in [0.4, 0.5) is 37.6 Å². The number of halogens is 3. The van der Waals surface area contributed by atoms with E-state index in [0.29, 0.717) is 35.4 Å². The van der Waals surface area contributed by atoms with E-state index in [1.54, 1.807) is 47.9 Å². The van der Waals surface area contributed by atoms with Gasteiger partial charge < -0.3 is 20.4 Å². The van der Waals surface area contributed by atoms with Crippen LogP contribution in [0.15, 0.2) is 42.6 Å². The largest absolute Gasteiger partial charge is 0.376 e. The highest BCUT2D eigenvalue weighted by Crippen LogP contribution is 2.36. The van der Waals surface area contributed by atoms with Gasteiger partial charge in [0.05, 0.1) is 42.3 Å². The van der Waals surface area contributed by atoms with Gasteiger partial charge in [-0.15, -0.1) is 0 Å². The standard InChI is InChI=1S/C31H30ClF2N9O3/c1-41-22-7-4-17(11-16(22)12-26(41)45)37-28-21(32)14-35-30(39-28)43-10-9-24(31(33,34)15-43)36-18-3-5-19-23(13-18)42(2)40-27(19)20-6-8-25(44)38-29(20)46/h3-5,7,11,13-14,20,24,36H,6,8-10,12,15H2,1-2H3,(H,35,37,39)(H,38,44,46). The highest BCUT2D eigenvalue weighted by Gasteiger charge is 2.45. The van der Waals surface area contributed by atoms with Crippen LogP contribution in [0.3, 0.4) is 0 Å². The van der Waals surface area contributed by atoms with Crippen LogP contribution in [-0.2, 0) is 27.9 Å². The molecule has 3 aliphatic heterocycles. The summed E-state index contributed by atoms with van der Waals surface area (Å²) in [6, 6.07) is 9.54. The Labute approximate surface area is 267 Å². The van der Waals surface area contributed by atoms with Crippen molar-refractivity contribution in [3.8, 4) is 0 Å². The highest BCUT2D eigenvalue weighted by atomic mass is 35.5. The molecule has 2 atom stereocenters. The molecule has 2 aromatic heterocycles. The van der Waals surface area contributed by atoms with E-state index in [9.17, 15) is 14.4 Å². The van der Waals surface area contributed by atoms with Crippen molar-refractivity contribution in [2.24, 2.45) is 7.05 Å². The lowest BCUT2D eigenvalue weighted by Crippen LogP contribution is -2.55. The number of piperidine rings is 2. The van der Waals surface area contributed by atoms with Gasteiger partial charge in [-0.2, -0.15) is 10.1 Å². The van der Waals surface area contributed by atoms with Crippen LogP contribution in [0.25, 0.3) is 10.9 Å². The molecule has 5 heterocycles. The third-order valence-electron chi connectivity index (χ3n) is 8.82. The zero-order chi connectivity index (χ0) is 32.3. The zero-order valence-electron chi connectivity index (χ0n) is 25.0. The van der Waals surface area contributed by atoms with Crippen molar-refractivity contribution in [3.05, 3.63) is 58.9 Å². The lowest BCUT2D eigenvalue weighted by atomic mass is 9.92. The lowest BCUT2D eigenvalue weighted by molar-refractivity contribution is -0.134. The average molecular weight is 650 g/mol. The first kappa shape index (κ1) is 29.8. The molecule has 0 bridgehead atoms. The summed E-state index contributed by atoms with van der Waals surface area (Å²) in [5, 5.41) is 14.0. The molecule has 7 rings (SSSR count). The number of carbonyl (C=O) groups excluding carboxylic acids is 3. The van der Waals surface area contributed by atoms with Crippen LogP contribution in [0.5, 0.6) is 0 Å². The van der Waals surface area contributed by atoms with Gasteiger partial charge in [0, 0.05) is 49.5 Å². The fourth-order valence-corrected chi connectivity index (χ4v) is 6.50. The number of carbonyl (C=O) groups is 3. The number of benzene rings is 2. The van der Waals surface area contributed by atoms with Gasteiger partial charge in [-0.1, -0.05) is 11.6 Å². The summed E-state index contributed by atoms with van der Waals surface area (Å²) in [7, 11) is 3.46. The third kappa shape index (κ3) is 5.36. The van der Waals surface area contributed by atoms with E-state index in [1.807, 2.05) is 12.1 Å². The molecule has 0 saturated carbocycles. The molecular formula is C31H30ClF2N9O3. The van der Waals surface area contributed by atoms with Crippen molar-refractivity contribution in [3.63, 3.8) is 0 Å². The van der Waals surface area contributed by atoms with Crippen LogP contribution in [0.2, 0.25) is 5.02 Å². The number of hydrogen-bond acceptors (Lipinski definition) is 9. The van der Waals surface area contributed by atoms with Gasteiger partial charge >= 0.3 is 0 Å². The second-order valence-electron chi connectivity index (χ2n) is 11.9. The summed E-state index contributed by atoms with van der Waals surface area (Å²) in [6.45, 7) is -0.331. The van der Waals surface area contributed by atoms with E-state index in [4.69, 9.17) is 11.6 Å². The number of anilines is 5. The van der Waals surface area contributed by atoms with E-state index in [-0.39, 0.29) is 53.9 Å². The minimum absolute atomic E-state index is 0.00442. The van der Waals surface area contributed by atoms with Crippen LogP contribution >= 0.6 is 11.6 Å². The number of hydrogen-bond donors (Lipinski definition) is 3. The van der Waals surface area contributed by atoms with Gasteiger partial charge in [-0.3, -0.25) is 24.4 Å². The molecule has 2 saturated heterocycles. The molecule has 238 valence electrons. The molecule has 3 amide bonds. The summed E-state index contributed by atoms with van der Waals surface area (Å²) in [5.74, 6) is -3.97. The second kappa shape index (κ2) is 11.2. The Bertz CT molecular complexity index is 1920. The van der Waals surface area contributed by atoms with Crippen LogP contribution in [-0.4, -0.2) is 69.6 Å². The van der Waals surface area contributed by atoms with Crippen LogP contribution in [0.1, 0.15) is 36.4 Å². The van der Waals surface area contributed by atoms with E-state index >= 15 is 8.78 Å². The molecule has 0 spiro atoms. The smallest absolute Gasteiger partial charge is 0.284 e. The molecule has 4 aromatic rings. The fourth-order valence-electron chi connectivity index (χ4n) is 6.36. The molecule has 3 N–H and O–H groups in total. The number of nitrogens with zero attached hydrogens (tertiary/aromatic N) is 6. The minimum atomic E-state index is -3.13. The number of nitrogens with one attached hydrogen (secondary N) is 3. The molecule has 0 aliphatic carbocycles. The summed E-state index contributed by atoms with van der Waals surface area (Å²) < 4.78 is 32.8. The summed E-state index contributed by atoms with van der Waals surface area (Å²) in [5.41, 5.74) is 4.11. The fraction of sp³-hybridized carbons (Fsp3) is 0.355. The molecule has 46 heavy (non-hydrogen) atoms. The van der Waals surface area contributed by atoms with Crippen LogP contribution in [0, 0.1) is 0 Å². The Morgan fingerprint density at radius 3 is 2.65 bits per heavy atom. The monoisotopic (exact) mass is 649 g/mol.